The molecule has 5 heteroatoms. The van der Waals surface area contributed by atoms with Crippen molar-refractivity contribution in [2.24, 2.45) is 5.41 Å². The lowest BCUT2D eigenvalue weighted by atomic mass is 9.67. The average molecular weight is 302 g/mol. The van der Waals surface area contributed by atoms with Crippen LogP contribution < -0.4 is 4.74 Å². The number of piperidine rings is 1. The molecule has 5 nitrogen and oxygen atoms in total. The van der Waals surface area contributed by atoms with Crippen LogP contribution in [0.5, 0.6) is 5.88 Å². The van der Waals surface area contributed by atoms with Gasteiger partial charge in [-0.3, -0.25) is 14.5 Å². The number of hydrogen-bond donors (Lipinski definition) is 0. The number of ketones is 2. The van der Waals surface area contributed by atoms with Crippen molar-refractivity contribution in [3.8, 4) is 5.88 Å². The third-order valence-corrected chi connectivity index (χ3v) is 4.87. The number of pyridine rings is 1. The van der Waals surface area contributed by atoms with Gasteiger partial charge in [-0.15, -0.1) is 0 Å². The molecule has 0 N–H and O–H groups in total. The van der Waals surface area contributed by atoms with Crippen LogP contribution in [0.4, 0.5) is 0 Å². The van der Waals surface area contributed by atoms with E-state index in [9.17, 15) is 9.59 Å². The summed E-state index contributed by atoms with van der Waals surface area (Å²) in [6.07, 6.45) is 5.06. The van der Waals surface area contributed by atoms with E-state index in [1.165, 1.54) is 0 Å². The van der Waals surface area contributed by atoms with Gasteiger partial charge in [-0.05, 0) is 36.9 Å². The van der Waals surface area contributed by atoms with Crippen LogP contribution in [-0.4, -0.2) is 41.6 Å². The molecule has 0 bridgehead atoms. The molecule has 1 aliphatic heterocycles. The van der Waals surface area contributed by atoms with Crippen molar-refractivity contribution in [2.45, 2.75) is 38.6 Å². The second-order valence-corrected chi connectivity index (χ2v) is 6.59. The number of Topliss-reactive ketones (excluding diaryl/α,β-unsaturated/α-hetero) is 2. The Morgan fingerprint density at radius 2 is 1.86 bits per heavy atom. The van der Waals surface area contributed by atoms with Crippen LogP contribution in [-0.2, 0) is 16.1 Å². The predicted octanol–water partition coefficient (Wildman–Crippen LogP) is 1.99. The summed E-state index contributed by atoms with van der Waals surface area (Å²) in [6.45, 7) is 2.73. The van der Waals surface area contributed by atoms with Gasteiger partial charge in [-0.1, -0.05) is 6.07 Å². The normalized spacial score (nSPS) is 22.0. The summed E-state index contributed by atoms with van der Waals surface area (Å²) >= 11 is 0. The smallest absolute Gasteiger partial charge is 0.212 e. The molecule has 2 heterocycles. The minimum Gasteiger partial charge on any atom is -0.481 e. The van der Waals surface area contributed by atoms with Crippen LogP contribution in [0.3, 0.4) is 0 Å². The molecule has 1 aromatic heterocycles. The molecule has 2 fully saturated rings. The molecule has 1 aromatic rings. The van der Waals surface area contributed by atoms with Crippen LogP contribution in [0.1, 0.15) is 37.7 Å². The molecule has 3 rings (SSSR count). The van der Waals surface area contributed by atoms with E-state index in [4.69, 9.17) is 4.74 Å². The molecule has 0 aromatic carbocycles. The lowest BCUT2D eigenvalue weighted by Crippen LogP contribution is -2.44. The van der Waals surface area contributed by atoms with Gasteiger partial charge < -0.3 is 4.74 Å². The van der Waals surface area contributed by atoms with Crippen LogP contribution in [0.15, 0.2) is 18.3 Å². The van der Waals surface area contributed by atoms with E-state index in [2.05, 4.69) is 9.88 Å². The van der Waals surface area contributed by atoms with Gasteiger partial charge >= 0.3 is 0 Å². The molecule has 1 aliphatic carbocycles. The number of aromatic nitrogens is 1. The Morgan fingerprint density at radius 3 is 2.41 bits per heavy atom. The molecule has 118 valence electrons. The van der Waals surface area contributed by atoms with Crippen LogP contribution in [0.2, 0.25) is 0 Å². The van der Waals surface area contributed by atoms with E-state index in [1.54, 1.807) is 7.11 Å². The van der Waals surface area contributed by atoms with Crippen LogP contribution >= 0.6 is 0 Å². The van der Waals surface area contributed by atoms with Crippen LogP contribution in [0, 0.1) is 5.41 Å². The molecular formula is C17H22N2O3. The molecule has 22 heavy (non-hydrogen) atoms. The Balaban J connectivity index is 1.57. The van der Waals surface area contributed by atoms with Crippen LogP contribution in [0.25, 0.3) is 0 Å². The number of carbonyl (C=O) groups excluding carboxylic acids is 2. The molecule has 0 unspecified atom stereocenters. The zero-order valence-corrected chi connectivity index (χ0v) is 13.0. The number of likely N-dealkylation sites (tertiary alicyclic amines) is 1. The van der Waals surface area contributed by atoms with E-state index in [1.807, 2.05) is 18.3 Å². The number of rotatable bonds is 3. The Bertz CT molecular complexity index is 542. The topological polar surface area (TPSA) is 59.5 Å². The summed E-state index contributed by atoms with van der Waals surface area (Å²) < 4.78 is 5.07. The third kappa shape index (κ3) is 3.35. The van der Waals surface area contributed by atoms with Crippen molar-refractivity contribution in [3.05, 3.63) is 23.9 Å². The first-order chi connectivity index (χ1) is 10.6. The first-order valence-electron chi connectivity index (χ1n) is 7.83. The number of nitrogens with zero attached hydrogens (tertiary/aromatic N) is 2. The molecule has 2 aliphatic rings. The monoisotopic (exact) mass is 302 g/mol. The predicted molar refractivity (Wildman–Crippen MR) is 81.6 cm³/mol. The lowest BCUT2D eigenvalue weighted by molar-refractivity contribution is -0.135. The number of methoxy groups -OCH3 is 1. The minimum atomic E-state index is -0.0545. The van der Waals surface area contributed by atoms with Gasteiger partial charge in [0.15, 0.2) is 0 Å². The highest BCUT2D eigenvalue weighted by Gasteiger charge is 2.41. The highest BCUT2D eigenvalue weighted by atomic mass is 16.5. The van der Waals surface area contributed by atoms with Crippen molar-refractivity contribution >= 4 is 11.6 Å². The minimum absolute atomic E-state index is 0.0545. The largest absolute Gasteiger partial charge is 0.481 e. The van der Waals surface area contributed by atoms with Gasteiger partial charge in [0.05, 0.1) is 13.5 Å². The zero-order chi connectivity index (χ0) is 15.6. The second kappa shape index (κ2) is 6.16. The van der Waals surface area contributed by atoms with Gasteiger partial charge in [-0.2, -0.15) is 0 Å². The fourth-order valence-electron chi connectivity index (χ4n) is 3.67. The van der Waals surface area contributed by atoms with Crippen molar-refractivity contribution in [3.63, 3.8) is 0 Å². The van der Waals surface area contributed by atoms with Crippen molar-refractivity contribution in [1.29, 1.82) is 0 Å². The van der Waals surface area contributed by atoms with Crippen molar-refractivity contribution in [2.75, 3.05) is 20.2 Å². The summed E-state index contributed by atoms with van der Waals surface area (Å²) in [5.41, 5.74) is 1.11. The van der Waals surface area contributed by atoms with E-state index in [0.29, 0.717) is 18.7 Å². The summed E-state index contributed by atoms with van der Waals surface area (Å²) in [5, 5.41) is 0. The average Bonchev–Trinajstić information content (AvgIpc) is 2.49. The van der Waals surface area contributed by atoms with Gasteiger partial charge in [0, 0.05) is 31.6 Å². The van der Waals surface area contributed by atoms with E-state index in [0.717, 1.165) is 38.0 Å². The summed E-state index contributed by atoms with van der Waals surface area (Å²) in [4.78, 5) is 30.1. The molecule has 0 amide bonds. The van der Waals surface area contributed by atoms with Crippen molar-refractivity contribution < 1.29 is 14.3 Å². The van der Waals surface area contributed by atoms with E-state index >= 15 is 0 Å². The Morgan fingerprint density at radius 1 is 1.18 bits per heavy atom. The van der Waals surface area contributed by atoms with Gasteiger partial charge in [0.2, 0.25) is 5.88 Å². The number of ether oxygens (including phenoxy) is 1. The third-order valence-electron chi connectivity index (χ3n) is 4.87. The van der Waals surface area contributed by atoms with Gasteiger partial charge in [-0.25, -0.2) is 4.98 Å². The maximum atomic E-state index is 11.7. The van der Waals surface area contributed by atoms with Crippen molar-refractivity contribution in [1.82, 2.24) is 9.88 Å². The Labute approximate surface area is 130 Å². The quantitative estimate of drug-likeness (QED) is 0.799. The van der Waals surface area contributed by atoms with Gasteiger partial charge in [0.25, 0.3) is 0 Å². The summed E-state index contributed by atoms with van der Waals surface area (Å²) in [7, 11) is 1.61. The van der Waals surface area contributed by atoms with E-state index in [-0.39, 0.29) is 23.4 Å². The molecular weight excluding hydrogens is 280 g/mol. The molecule has 0 radical (unpaired) electrons. The number of carbonyl (C=O) groups is 2. The molecule has 1 saturated heterocycles. The highest BCUT2D eigenvalue weighted by Crippen LogP contribution is 2.42. The van der Waals surface area contributed by atoms with Gasteiger partial charge in [0.1, 0.15) is 11.6 Å². The standard InChI is InChI=1S/C17H22N2O3/c1-22-16-3-2-13(11-18-16)12-19-6-4-17(5-7-19)9-14(20)8-15(21)10-17/h2-3,11H,4-10,12H2,1H3. The Hall–Kier alpha value is -1.75. The maximum absolute atomic E-state index is 11.7. The molecule has 1 spiro atoms. The molecule has 0 atom stereocenters. The maximum Gasteiger partial charge on any atom is 0.212 e. The summed E-state index contributed by atoms with van der Waals surface area (Å²) in [6, 6.07) is 3.91. The number of hydrogen-bond acceptors (Lipinski definition) is 5. The second-order valence-electron chi connectivity index (χ2n) is 6.59. The first-order valence-corrected chi connectivity index (χ1v) is 7.83. The lowest BCUT2D eigenvalue weighted by Gasteiger charge is -2.43. The summed E-state index contributed by atoms with van der Waals surface area (Å²) in [5.74, 6) is 0.883. The SMILES string of the molecule is COc1ccc(CN2CCC3(CC2)CC(=O)CC(=O)C3)cn1. The molecule has 1 saturated carbocycles. The highest BCUT2D eigenvalue weighted by molar-refractivity contribution is 6.02. The first kappa shape index (κ1) is 15.2. The zero-order valence-electron chi connectivity index (χ0n) is 13.0. The fourth-order valence-corrected chi connectivity index (χ4v) is 3.67. The van der Waals surface area contributed by atoms with E-state index < -0.39 is 0 Å². The fraction of sp³-hybridized carbons (Fsp3) is 0.588. The Kier molecular flexibility index (Phi) is 4.25.